The Labute approximate surface area is 111 Å². The summed E-state index contributed by atoms with van der Waals surface area (Å²) in [6.07, 6.45) is 0. The molecule has 3 N–H and O–H groups in total. The summed E-state index contributed by atoms with van der Waals surface area (Å²) in [5, 5.41) is 2.74. The molecule has 0 aromatic heterocycles. The van der Waals surface area contributed by atoms with Crippen molar-refractivity contribution in [2.75, 3.05) is 25.5 Å². The first kappa shape index (κ1) is 14.4. The molecule has 0 fully saturated rings. The molecule has 0 spiro atoms. The number of nitrogens with one attached hydrogen (secondary N) is 1. The lowest BCUT2D eigenvalue weighted by Crippen LogP contribution is -2.32. The number of likely N-dealkylation sites (N-methyl/N-ethyl adjacent to an activating group) is 1. The highest BCUT2D eigenvalue weighted by atomic mass is 32.1. The van der Waals surface area contributed by atoms with Crippen molar-refractivity contribution in [2.24, 2.45) is 5.73 Å². The summed E-state index contributed by atoms with van der Waals surface area (Å²) in [7, 11) is 1.69. The lowest BCUT2D eigenvalue weighted by atomic mass is 10.2. The second-order valence-corrected chi connectivity index (χ2v) is 4.26. The topological polar surface area (TPSA) is 58.4 Å². The van der Waals surface area contributed by atoms with Crippen LogP contribution in [-0.4, -0.2) is 35.9 Å². The van der Waals surface area contributed by atoms with Crippen molar-refractivity contribution in [1.29, 1.82) is 0 Å². The molecule has 0 bridgehead atoms. The van der Waals surface area contributed by atoms with Gasteiger partial charge in [-0.2, -0.15) is 0 Å². The van der Waals surface area contributed by atoms with Gasteiger partial charge in [0.05, 0.1) is 12.2 Å². The highest BCUT2D eigenvalue weighted by Gasteiger charge is 2.09. The van der Waals surface area contributed by atoms with Crippen LogP contribution in [0.15, 0.2) is 18.2 Å². The van der Waals surface area contributed by atoms with Crippen LogP contribution >= 0.6 is 12.2 Å². The molecule has 0 radical (unpaired) electrons. The third kappa shape index (κ3) is 3.66. The number of thiocarbonyl (C=S) groups is 1. The van der Waals surface area contributed by atoms with Crippen molar-refractivity contribution in [2.45, 2.75) is 6.92 Å². The lowest BCUT2D eigenvalue weighted by Gasteiger charge is -2.15. The highest BCUT2D eigenvalue weighted by Crippen LogP contribution is 2.15. The molecule has 0 aliphatic carbocycles. The van der Waals surface area contributed by atoms with E-state index in [1.165, 1.54) is 12.1 Å². The fraction of sp³-hybridized carbons (Fsp3) is 0.333. The van der Waals surface area contributed by atoms with Gasteiger partial charge in [0, 0.05) is 19.2 Å². The standard InChI is InChI=1S/C12H16FN3OS/c1-3-16(2)11(17)7-15-10-5-4-8(12(14)18)6-9(10)13/h4-6,15H,3,7H2,1-2H3,(H2,14,18). The molecule has 1 aromatic carbocycles. The minimum Gasteiger partial charge on any atom is -0.389 e. The van der Waals surface area contributed by atoms with Crippen molar-refractivity contribution < 1.29 is 9.18 Å². The van der Waals surface area contributed by atoms with Crippen molar-refractivity contribution in [1.82, 2.24) is 4.90 Å². The molecule has 1 rings (SSSR count). The zero-order chi connectivity index (χ0) is 13.7. The number of hydrogen-bond donors (Lipinski definition) is 2. The molecule has 98 valence electrons. The van der Waals surface area contributed by atoms with Gasteiger partial charge >= 0.3 is 0 Å². The minimum atomic E-state index is -0.479. The lowest BCUT2D eigenvalue weighted by molar-refractivity contribution is -0.127. The number of anilines is 1. The van der Waals surface area contributed by atoms with Crippen LogP contribution in [0.3, 0.4) is 0 Å². The molecule has 1 aromatic rings. The smallest absolute Gasteiger partial charge is 0.241 e. The first-order valence-corrected chi connectivity index (χ1v) is 5.93. The summed E-state index contributed by atoms with van der Waals surface area (Å²) in [5.41, 5.74) is 6.12. The average molecular weight is 269 g/mol. The Balaban J connectivity index is 2.69. The molecular formula is C12H16FN3OS. The summed E-state index contributed by atoms with van der Waals surface area (Å²) < 4.78 is 13.6. The Bertz CT molecular complexity index is 465. The number of nitrogens with two attached hydrogens (primary N) is 1. The molecule has 0 saturated heterocycles. The number of hydrogen-bond acceptors (Lipinski definition) is 3. The molecule has 0 heterocycles. The Hall–Kier alpha value is -1.69. The first-order chi connectivity index (χ1) is 8.45. The Kier molecular flexibility index (Phi) is 5.03. The quantitative estimate of drug-likeness (QED) is 0.792. The minimum absolute atomic E-state index is 0.0493. The summed E-state index contributed by atoms with van der Waals surface area (Å²) in [6, 6.07) is 4.38. The molecule has 1 amide bonds. The van der Waals surface area contributed by atoms with Gasteiger partial charge in [-0.25, -0.2) is 4.39 Å². The third-order valence-electron chi connectivity index (χ3n) is 2.58. The third-order valence-corrected chi connectivity index (χ3v) is 2.82. The van der Waals surface area contributed by atoms with E-state index in [0.29, 0.717) is 12.1 Å². The van der Waals surface area contributed by atoms with Crippen LogP contribution in [-0.2, 0) is 4.79 Å². The van der Waals surface area contributed by atoms with Crippen LogP contribution in [0, 0.1) is 5.82 Å². The molecule has 0 saturated carbocycles. The normalized spacial score (nSPS) is 9.94. The largest absolute Gasteiger partial charge is 0.389 e. The maximum Gasteiger partial charge on any atom is 0.241 e. The van der Waals surface area contributed by atoms with E-state index in [1.807, 2.05) is 6.92 Å². The van der Waals surface area contributed by atoms with E-state index in [9.17, 15) is 9.18 Å². The van der Waals surface area contributed by atoms with Crippen LogP contribution in [0.4, 0.5) is 10.1 Å². The number of carbonyl (C=O) groups excluding carboxylic acids is 1. The van der Waals surface area contributed by atoms with Crippen LogP contribution < -0.4 is 11.1 Å². The van der Waals surface area contributed by atoms with E-state index >= 15 is 0 Å². The summed E-state index contributed by atoms with van der Waals surface area (Å²) in [4.78, 5) is 13.2. The monoisotopic (exact) mass is 269 g/mol. The fourth-order valence-electron chi connectivity index (χ4n) is 1.29. The van der Waals surface area contributed by atoms with Crippen LogP contribution in [0.5, 0.6) is 0 Å². The van der Waals surface area contributed by atoms with Gasteiger partial charge in [-0.05, 0) is 25.1 Å². The Morgan fingerprint density at radius 3 is 2.72 bits per heavy atom. The number of halogens is 1. The predicted molar refractivity (Wildman–Crippen MR) is 74.1 cm³/mol. The Morgan fingerprint density at radius 2 is 2.22 bits per heavy atom. The number of carbonyl (C=O) groups is 1. The molecule has 0 unspecified atom stereocenters. The second-order valence-electron chi connectivity index (χ2n) is 3.82. The maximum atomic E-state index is 13.6. The van der Waals surface area contributed by atoms with Crippen molar-refractivity contribution in [3.8, 4) is 0 Å². The molecule has 4 nitrogen and oxygen atoms in total. The average Bonchev–Trinajstić information content (AvgIpc) is 2.35. The molecule has 18 heavy (non-hydrogen) atoms. The van der Waals surface area contributed by atoms with Gasteiger partial charge in [-0.1, -0.05) is 12.2 Å². The summed E-state index contributed by atoms with van der Waals surface area (Å²) >= 11 is 4.75. The number of amides is 1. The maximum absolute atomic E-state index is 13.6. The van der Waals surface area contributed by atoms with E-state index in [4.69, 9.17) is 18.0 Å². The van der Waals surface area contributed by atoms with Gasteiger partial charge < -0.3 is 16.0 Å². The van der Waals surface area contributed by atoms with E-state index in [0.717, 1.165) is 0 Å². The van der Waals surface area contributed by atoms with Gasteiger partial charge in [0.2, 0.25) is 5.91 Å². The van der Waals surface area contributed by atoms with Gasteiger partial charge in [0.15, 0.2) is 0 Å². The summed E-state index contributed by atoms with van der Waals surface area (Å²) in [5.74, 6) is -0.581. The number of benzene rings is 1. The zero-order valence-electron chi connectivity index (χ0n) is 10.4. The van der Waals surface area contributed by atoms with Gasteiger partial charge in [0.25, 0.3) is 0 Å². The molecule has 0 aliphatic rings. The van der Waals surface area contributed by atoms with E-state index in [-0.39, 0.29) is 23.1 Å². The zero-order valence-corrected chi connectivity index (χ0v) is 11.2. The number of nitrogens with zero attached hydrogens (tertiary/aromatic N) is 1. The molecule has 6 heteroatoms. The summed E-state index contributed by atoms with van der Waals surface area (Å²) in [6.45, 7) is 2.53. The molecular weight excluding hydrogens is 253 g/mol. The van der Waals surface area contributed by atoms with Crippen LogP contribution in [0.25, 0.3) is 0 Å². The highest BCUT2D eigenvalue weighted by molar-refractivity contribution is 7.80. The first-order valence-electron chi connectivity index (χ1n) is 5.53. The van der Waals surface area contributed by atoms with Crippen LogP contribution in [0.1, 0.15) is 12.5 Å². The SMILES string of the molecule is CCN(C)C(=O)CNc1ccc(C(N)=S)cc1F. The van der Waals surface area contributed by atoms with Crippen molar-refractivity contribution in [3.05, 3.63) is 29.6 Å². The molecule has 0 atom stereocenters. The van der Waals surface area contributed by atoms with Crippen LogP contribution in [0.2, 0.25) is 0 Å². The van der Waals surface area contributed by atoms with Gasteiger partial charge in [-0.3, -0.25) is 4.79 Å². The van der Waals surface area contributed by atoms with E-state index in [1.54, 1.807) is 18.0 Å². The predicted octanol–water partition coefficient (Wildman–Crippen LogP) is 1.35. The van der Waals surface area contributed by atoms with Gasteiger partial charge in [0.1, 0.15) is 10.8 Å². The second kappa shape index (κ2) is 6.30. The van der Waals surface area contributed by atoms with Gasteiger partial charge in [-0.15, -0.1) is 0 Å². The Morgan fingerprint density at radius 1 is 1.56 bits per heavy atom. The van der Waals surface area contributed by atoms with Crippen molar-refractivity contribution >= 4 is 28.8 Å². The van der Waals surface area contributed by atoms with E-state index < -0.39 is 5.82 Å². The fourth-order valence-corrected chi connectivity index (χ4v) is 1.42. The number of rotatable bonds is 5. The van der Waals surface area contributed by atoms with E-state index in [2.05, 4.69) is 5.32 Å². The molecule has 0 aliphatic heterocycles. The van der Waals surface area contributed by atoms with Crippen molar-refractivity contribution in [3.63, 3.8) is 0 Å².